The molecule has 2 aromatic carbocycles. The Balaban J connectivity index is 1.37. The van der Waals surface area contributed by atoms with Crippen LogP contribution in [0, 0.1) is 6.92 Å². The van der Waals surface area contributed by atoms with E-state index < -0.39 is 11.7 Å². The van der Waals surface area contributed by atoms with Gasteiger partial charge in [0, 0.05) is 62.0 Å². The van der Waals surface area contributed by atoms with Gasteiger partial charge in [-0.05, 0) is 30.7 Å². The van der Waals surface area contributed by atoms with Gasteiger partial charge in [0.15, 0.2) is 0 Å². The van der Waals surface area contributed by atoms with Gasteiger partial charge in [0.2, 0.25) is 0 Å². The van der Waals surface area contributed by atoms with Gasteiger partial charge in [0.25, 0.3) is 11.7 Å². The van der Waals surface area contributed by atoms with Gasteiger partial charge in [-0.2, -0.15) is 0 Å². The number of hydrogen-bond acceptors (Lipinski definition) is 5. The number of amides is 1. The molecule has 1 aliphatic heterocycles. The van der Waals surface area contributed by atoms with Crippen LogP contribution >= 0.6 is 0 Å². The van der Waals surface area contributed by atoms with Crippen molar-refractivity contribution in [1.82, 2.24) is 9.88 Å². The largest absolute Gasteiger partial charge is 0.491 e. The molecule has 1 N–H and O–H groups in total. The Labute approximate surface area is 193 Å². The number of carbonyl (C=O) groups excluding carboxylic acids is 2. The van der Waals surface area contributed by atoms with E-state index in [1.165, 1.54) is 0 Å². The third-order valence-corrected chi connectivity index (χ3v) is 5.84. The Morgan fingerprint density at radius 3 is 2.42 bits per heavy atom. The Morgan fingerprint density at radius 1 is 0.939 bits per heavy atom. The number of nitrogens with one attached hydrogen (secondary N) is 1. The fourth-order valence-corrected chi connectivity index (χ4v) is 4.01. The molecule has 1 amide bonds. The average molecular weight is 448 g/mol. The van der Waals surface area contributed by atoms with Crippen LogP contribution < -0.4 is 9.64 Å². The number of ether oxygens (including phenoxy) is 2. The van der Waals surface area contributed by atoms with Crippen LogP contribution in [0.15, 0.2) is 60.7 Å². The van der Waals surface area contributed by atoms with Crippen molar-refractivity contribution in [2.75, 3.05) is 51.4 Å². The number of aromatic nitrogens is 1. The molecule has 7 nitrogen and oxygen atoms in total. The van der Waals surface area contributed by atoms with Crippen LogP contribution in [0.4, 0.5) is 5.69 Å². The lowest BCUT2D eigenvalue weighted by Gasteiger charge is -2.35. The summed E-state index contributed by atoms with van der Waals surface area (Å²) in [5, 5.41) is 0. The number of rotatable bonds is 8. The molecule has 2 heterocycles. The Kier molecular flexibility index (Phi) is 7.10. The van der Waals surface area contributed by atoms with Gasteiger partial charge in [0.05, 0.1) is 6.61 Å². The highest BCUT2D eigenvalue weighted by Crippen LogP contribution is 2.24. The van der Waals surface area contributed by atoms with Crippen molar-refractivity contribution in [3.63, 3.8) is 0 Å². The van der Waals surface area contributed by atoms with Gasteiger partial charge in [0.1, 0.15) is 12.4 Å². The molecule has 0 spiro atoms. The van der Waals surface area contributed by atoms with Crippen molar-refractivity contribution < 1.29 is 19.1 Å². The highest BCUT2D eigenvalue weighted by molar-refractivity contribution is 6.43. The fourth-order valence-electron chi connectivity index (χ4n) is 4.01. The molecule has 0 bridgehead atoms. The number of aromatic amines is 1. The average Bonchev–Trinajstić information content (AvgIpc) is 3.26. The Morgan fingerprint density at radius 2 is 1.70 bits per heavy atom. The molecule has 33 heavy (non-hydrogen) atoms. The number of H-pyrrole nitrogens is 1. The summed E-state index contributed by atoms with van der Waals surface area (Å²) in [6.07, 6.45) is 0. The molecule has 172 valence electrons. The highest BCUT2D eigenvalue weighted by atomic mass is 16.5. The van der Waals surface area contributed by atoms with E-state index in [0.29, 0.717) is 50.7 Å². The van der Waals surface area contributed by atoms with Crippen molar-refractivity contribution in [2.45, 2.75) is 6.92 Å². The van der Waals surface area contributed by atoms with Crippen LogP contribution in [0.5, 0.6) is 5.75 Å². The Hall–Kier alpha value is -3.58. The van der Waals surface area contributed by atoms with Crippen molar-refractivity contribution in [3.05, 3.63) is 71.9 Å². The summed E-state index contributed by atoms with van der Waals surface area (Å²) in [6, 6.07) is 19.4. The van der Waals surface area contributed by atoms with Crippen molar-refractivity contribution in [1.29, 1.82) is 0 Å². The molecule has 0 radical (unpaired) electrons. The molecule has 1 saturated heterocycles. The maximum absolute atomic E-state index is 13.0. The molecule has 1 aliphatic rings. The fraction of sp³-hybridized carbons (Fsp3) is 0.308. The maximum atomic E-state index is 13.0. The second kappa shape index (κ2) is 10.4. The minimum absolute atomic E-state index is 0.433. The molecule has 0 aliphatic carbocycles. The second-order valence-corrected chi connectivity index (χ2v) is 8.03. The number of anilines is 1. The summed E-state index contributed by atoms with van der Waals surface area (Å²) in [4.78, 5) is 33.0. The van der Waals surface area contributed by atoms with E-state index in [9.17, 15) is 9.59 Å². The first kappa shape index (κ1) is 22.6. The lowest BCUT2D eigenvalue weighted by atomic mass is 10.1. The Bertz CT molecular complexity index is 1100. The molecule has 4 rings (SSSR count). The van der Waals surface area contributed by atoms with Crippen LogP contribution in [0.3, 0.4) is 0 Å². The van der Waals surface area contributed by atoms with Crippen molar-refractivity contribution >= 4 is 17.4 Å². The van der Waals surface area contributed by atoms with E-state index in [-0.39, 0.29) is 0 Å². The monoisotopic (exact) mass is 447 g/mol. The first-order chi connectivity index (χ1) is 16.1. The number of aryl methyl sites for hydroxylation is 1. The predicted molar refractivity (Wildman–Crippen MR) is 128 cm³/mol. The molecular weight excluding hydrogens is 418 g/mol. The highest BCUT2D eigenvalue weighted by Gasteiger charge is 2.29. The predicted octanol–water partition coefficient (Wildman–Crippen LogP) is 3.55. The zero-order chi connectivity index (χ0) is 23.2. The summed E-state index contributed by atoms with van der Waals surface area (Å²) in [6.45, 7) is 5.15. The minimum Gasteiger partial charge on any atom is -0.491 e. The smallest absolute Gasteiger partial charge is 0.295 e. The zero-order valence-corrected chi connectivity index (χ0v) is 19.0. The van der Waals surface area contributed by atoms with Crippen molar-refractivity contribution in [2.24, 2.45) is 0 Å². The first-order valence-electron chi connectivity index (χ1n) is 11.1. The quantitative estimate of drug-likeness (QED) is 0.325. The van der Waals surface area contributed by atoms with E-state index in [0.717, 1.165) is 22.7 Å². The van der Waals surface area contributed by atoms with Crippen LogP contribution in [-0.4, -0.2) is 68.1 Å². The lowest BCUT2D eigenvalue weighted by molar-refractivity contribution is -0.126. The minimum atomic E-state index is -0.465. The molecule has 1 fully saturated rings. The third kappa shape index (κ3) is 5.26. The maximum Gasteiger partial charge on any atom is 0.295 e. The number of ketones is 1. The summed E-state index contributed by atoms with van der Waals surface area (Å²) in [5.74, 6) is -0.128. The number of nitrogens with zero attached hydrogens (tertiary/aromatic N) is 2. The van der Waals surface area contributed by atoms with E-state index in [4.69, 9.17) is 9.47 Å². The number of hydrogen-bond donors (Lipinski definition) is 1. The van der Waals surface area contributed by atoms with Crippen LogP contribution in [0.2, 0.25) is 0 Å². The van der Waals surface area contributed by atoms with Crippen LogP contribution in [0.1, 0.15) is 16.1 Å². The van der Waals surface area contributed by atoms with Gasteiger partial charge in [-0.15, -0.1) is 0 Å². The van der Waals surface area contributed by atoms with Gasteiger partial charge >= 0.3 is 0 Å². The molecule has 0 atom stereocenters. The summed E-state index contributed by atoms with van der Waals surface area (Å²) < 4.78 is 10.7. The second-order valence-electron chi connectivity index (χ2n) is 8.03. The van der Waals surface area contributed by atoms with Gasteiger partial charge < -0.3 is 24.3 Å². The summed E-state index contributed by atoms with van der Waals surface area (Å²) in [7, 11) is 1.64. The van der Waals surface area contributed by atoms with E-state index in [2.05, 4.69) is 9.88 Å². The number of piperazine rings is 1. The van der Waals surface area contributed by atoms with E-state index in [1.807, 2.05) is 61.5 Å². The number of Topliss-reactive ketones (excluding diaryl/α,β-unsaturated/α-hetero) is 1. The summed E-state index contributed by atoms with van der Waals surface area (Å²) >= 11 is 0. The van der Waals surface area contributed by atoms with E-state index >= 15 is 0 Å². The van der Waals surface area contributed by atoms with Crippen molar-refractivity contribution in [3.8, 4) is 17.0 Å². The number of methoxy groups -OCH3 is 1. The normalized spacial score (nSPS) is 13.8. The van der Waals surface area contributed by atoms with Gasteiger partial charge in [-0.25, -0.2) is 0 Å². The molecule has 0 unspecified atom stereocenters. The number of benzene rings is 2. The van der Waals surface area contributed by atoms with Gasteiger partial charge in [-0.3, -0.25) is 9.59 Å². The molecule has 7 heteroatoms. The molecular formula is C26H29N3O4. The van der Waals surface area contributed by atoms with Gasteiger partial charge in [-0.1, -0.05) is 36.4 Å². The molecule has 1 aromatic heterocycles. The lowest BCUT2D eigenvalue weighted by Crippen LogP contribution is -2.50. The van der Waals surface area contributed by atoms with Crippen LogP contribution in [-0.2, 0) is 9.53 Å². The third-order valence-electron chi connectivity index (χ3n) is 5.84. The zero-order valence-electron chi connectivity index (χ0n) is 19.0. The molecule has 3 aromatic rings. The molecule has 0 saturated carbocycles. The van der Waals surface area contributed by atoms with Crippen LogP contribution in [0.25, 0.3) is 11.3 Å². The SMILES string of the molecule is COCCOc1cccc(N2CCN(C(=O)C(=O)c3cc(-c4ccccc4)[nH]c3C)CC2)c1. The number of carbonyl (C=O) groups is 2. The van der Waals surface area contributed by atoms with E-state index in [1.54, 1.807) is 18.1 Å². The summed E-state index contributed by atoms with van der Waals surface area (Å²) in [5.41, 5.74) is 3.99. The first-order valence-corrected chi connectivity index (χ1v) is 11.1. The topological polar surface area (TPSA) is 74.9 Å². The standard InChI is InChI=1S/C26H29N3O4/c1-19-23(18-24(27-19)20-7-4-3-5-8-20)25(30)26(31)29-13-11-28(12-14-29)21-9-6-10-22(17-21)33-16-15-32-2/h3-10,17-18,27H,11-16H2,1-2H3.